The Bertz CT molecular complexity index is 6670. The van der Waals surface area contributed by atoms with Crippen LogP contribution in [0.15, 0.2) is 350 Å². The van der Waals surface area contributed by atoms with E-state index in [0.29, 0.717) is 77.8 Å². The Labute approximate surface area is 754 Å². The Morgan fingerprint density at radius 1 is 0.234 bits per heavy atom. The fraction of sp³-hybridized carbons (Fsp3) is 0.0909. The third-order valence-electron chi connectivity index (χ3n) is 20.2. The molecule has 0 aliphatic rings. The summed E-state index contributed by atoms with van der Waals surface area (Å²) in [5.74, 6) is 0.451. The molecule has 0 radical (unpaired) electrons. The van der Waals surface area contributed by atoms with Crippen molar-refractivity contribution in [3.8, 4) is 28.7 Å². The normalized spacial score (nSPS) is 10.1. The SMILES string of the molecule is Cc1c(OC=O)ccc2ccccc12.Cc1c(OC=O)ccc2ccccc12.Cc1cc(OC=O)cc2ccccc12.Cc1cc2ccccc2cc1OC=O.Cc1cc2ccccc2cc1OC=O.Cc1ccc(S)cc1.Cc1ccc2c(C(=O)O)cccc2c1.Cc1ccc2ccc(C(=O)O)cc2c1.Cc1cccc(S)c1.Cc1cccc2cc(C(=O)O)ccc12. The van der Waals surface area contributed by atoms with Crippen LogP contribution in [0.25, 0.3) is 86.2 Å². The zero-order chi connectivity index (χ0) is 92.2. The van der Waals surface area contributed by atoms with E-state index in [9.17, 15) is 38.4 Å². The van der Waals surface area contributed by atoms with Gasteiger partial charge in [-0.25, -0.2) is 14.4 Å². The molecule has 0 aliphatic carbocycles. The highest BCUT2D eigenvalue weighted by Gasteiger charge is 2.11. The van der Waals surface area contributed by atoms with Gasteiger partial charge in [0.05, 0.1) is 16.7 Å². The lowest BCUT2D eigenvalue weighted by molar-refractivity contribution is -0.121. The van der Waals surface area contributed by atoms with E-state index in [2.05, 4.69) is 51.2 Å². The summed E-state index contributed by atoms with van der Waals surface area (Å²) < 4.78 is 24.3. The van der Waals surface area contributed by atoms with Crippen molar-refractivity contribution in [1.29, 1.82) is 0 Å². The van der Waals surface area contributed by atoms with Crippen molar-refractivity contribution in [2.75, 3.05) is 0 Å². The van der Waals surface area contributed by atoms with Crippen LogP contribution >= 0.6 is 25.3 Å². The van der Waals surface area contributed by atoms with Gasteiger partial charge in [-0.3, -0.25) is 24.0 Å². The summed E-state index contributed by atoms with van der Waals surface area (Å²) in [6.07, 6.45) is 0. The summed E-state index contributed by atoms with van der Waals surface area (Å²) in [6.45, 7) is 22.1. The van der Waals surface area contributed by atoms with Crippen molar-refractivity contribution in [2.45, 2.75) is 79.0 Å². The number of fused-ring (bicyclic) bond motifs is 8. The zero-order valence-electron chi connectivity index (χ0n) is 72.3. The smallest absolute Gasteiger partial charge is 0.336 e. The van der Waals surface area contributed by atoms with Crippen LogP contribution in [0.5, 0.6) is 28.7 Å². The molecule has 0 fully saturated rings. The van der Waals surface area contributed by atoms with E-state index < -0.39 is 17.9 Å². The van der Waals surface area contributed by atoms with Gasteiger partial charge in [-0.2, -0.15) is 0 Å². The van der Waals surface area contributed by atoms with Gasteiger partial charge in [0.25, 0.3) is 32.4 Å². The molecule has 644 valence electrons. The molecule has 18 aromatic carbocycles. The molecule has 0 heterocycles. The maximum Gasteiger partial charge on any atom is 0.336 e. The lowest BCUT2D eigenvalue weighted by Crippen LogP contribution is -1.96. The van der Waals surface area contributed by atoms with Crippen LogP contribution in [0.2, 0.25) is 0 Å². The molecule has 0 amide bonds. The molecule has 128 heavy (non-hydrogen) atoms. The van der Waals surface area contributed by atoms with E-state index in [0.717, 1.165) is 130 Å². The fourth-order valence-electron chi connectivity index (χ4n) is 13.6. The molecular formula is C110H96O16S2. The van der Waals surface area contributed by atoms with Crippen molar-refractivity contribution >= 4 is 162 Å². The molecule has 0 aliphatic heterocycles. The maximum atomic E-state index is 10.9. The van der Waals surface area contributed by atoms with Crippen molar-refractivity contribution in [1.82, 2.24) is 0 Å². The Morgan fingerprint density at radius 3 is 1.08 bits per heavy atom. The molecule has 0 atom stereocenters. The Balaban J connectivity index is 0.000000161. The average Bonchev–Trinajstić information content (AvgIpc) is 0.820. The topological polar surface area (TPSA) is 243 Å². The number of benzene rings is 18. The predicted molar refractivity (Wildman–Crippen MR) is 521 cm³/mol. The van der Waals surface area contributed by atoms with Crippen LogP contribution in [-0.2, 0) is 24.0 Å². The minimum absolute atomic E-state index is 0.336. The fourth-order valence-corrected chi connectivity index (χ4v) is 14.1. The van der Waals surface area contributed by atoms with Gasteiger partial charge in [-0.1, -0.05) is 259 Å². The molecule has 18 rings (SSSR count). The van der Waals surface area contributed by atoms with Gasteiger partial charge in [-0.15, -0.1) is 25.3 Å². The number of hydrogen-bond acceptors (Lipinski definition) is 15. The third kappa shape index (κ3) is 28.3. The van der Waals surface area contributed by atoms with Crippen LogP contribution in [0.1, 0.15) is 86.7 Å². The number of ether oxygens (including phenoxy) is 5. The molecule has 18 heteroatoms. The van der Waals surface area contributed by atoms with Crippen molar-refractivity contribution < 1.29 is 77.4 Å². The van der Waals surface area contributed by atoms with E-state index >= 15 is 0 Å². The van der Waals surface area contributed by atoms with Gasteiger partial charge in [-0.05, 0) is 292 Å². The van der Waals surface area contributed by atoms with Crippen LogP contribution in [0, 0.1) is 69.2 Å². The lowest BCUT2D eigenvalue weighted by atomic mass is 10.0. The number of carbonyl (C=O) groups excluding carboxylic acids is 5. The minimum Gasteiger partial charge on any atom is -0.478 e. The molecule has 0 bridgehead atoms. The van der Waals surface area contributed by atoms with Gasteiger partial charge >= 0.3 is 17.9 Å². The number of carboxylic acid groups (broad SMARTS) is 3. The van der Waals surface area contributed by atoms with Gasteiger partial charge in [0, 0.05) is 9.79 Å². The number of aryl methyl sites for hydroxylation is 10. The first-order valence-electron chi connectivity index (χ1n) is 40.4. The van der Waals surface area contributed by atoms with E-state index in [-0.39, 0.29) is 0 Å². The van der Waals surface area contributed by atoms with E-state index in [1.165, 1.54) is 22.1 Å². The van der Waals surface area contributed by atoms with Gasteiger partial charge in [0.15, 0.2) is 0 Å². The maximum absolute atomic E-state index is 10.9. The van der Waals surface area contributed by atoms with Crippen LogP contribution in [-0.4, -0.2) is 65.6 Å². The first kappa shape index (κ1) is 96.3. The highest BCUT2D eigenvalue weighted by atomic mass is 32.1. The molecule has 0 aromatic heterocycles. The molecule has 0 saturated carbocycles. The van der Waals surface area contributed by atoms with Crippen LogP contribution < -0.4 is 23.7 Å². The second kappa shape index (κ2) is 48.5. The summed E-state index contributed by atoms with van der Waals surface area (Å²) in [7, 11) is 0. The quantitative estimate of drug-likeness (QED) is 0.0532. The predicted octanol–water partition coefficient (Wildman–Crippen LogP) is 26.5. The van der Waals surface area contributed by atoms with Gasteiger partial charge in [0.2, 0.25) is 0 Å². The number of aromatic carboxylic acids is 3. The molecule has 0 saturated heterocycles. The van der Waals surface area contributed by atoms with Crippen molar-refractivity contribution in [2.24, 2.45) is 0 Å². The summed E-state index contributed by atoms with van der Waals surface area (Å²) in [5, 5.41) is 43.8. The largest absolute Gasteiger partial charge is 0.478 e. The number of carboxylic acids is 3. The molecule has 0 unspecified atom stereocenters. The molecule has 16 nitrogen and oxygen atoms in total. The third-order valence-corrected chi connectivity index (χ3v) is 20.8. The van der Waals surface area contributed by atoms with Crippen molar-refractivity contribution in [3.05, 3.63) is 412 Å². The number of carbonyl (C=O) groups is 8. The number of hydrogen-bond donors (Lipinski definition) is 5. The van der Waals surface area contributed by atoms with Gasteiger partial charge in [0.1, 0.15) is 28.7 Å². The zero-order valence-corrected chi connectivity index (χ0v) is 74.1. The second-order valence-electron chi connectivity index (χ2n) is 29.5. The second-order valence-corrected chi connectivity index (χ2v) is 30.5. The van der Waals surface area contributed by atoms with Crippen LogP contribution in [0.4, 0.5) is 0 Å². The van der Waals surface area contributed by atoms with E-state index in [1.807, 2.05) is 347 Å². The first-order valence-corrected chi connectivity index (χ1v) is 41.3. The monoisotopic (exact) mass is 1740 g/mol. The standard InChI is InChI=1S/8C12H10O2.2C7H8S/c1-8-2-3-9-4-5-10(12(13)14)7-11(9)6-8;1-8-5-6-10-9(7-8)3-2-4-11(10)12(13)14;1-8-3-2-4-9-7-10(12(13)14)5-6-11(8)9;1-9-6-11(14-8-13)7-10-4-2-3-5-12(9)10;2*1-9-6-10-4-2-3-5-11(10)7-12(9)14-8-13;2*1-9-11-5-3-2-4-10(11)6-7-12(9)14-8-13;1-6-2-4-7(8)5-3-6;1-6-3-2-4-7(8)5-6/h3*2-7H,1H3,(H,13,14);5*2-8H,1H3;2*2-5,8H,1H3. The minimum atomic E-state index is -0.881. The Hall–Kier alpha value is -15.5. The Kier molecular flexibility index (Phi) is 36.5. The van der Waals surface area contributed by atoms with Crippen LogP contribution in [0.3, 0.4) is 0 Å². The lowest BCUT2D eigenvalue weighted by Gasteiger charge is -2.06. The van der Waals surface area contributed by atoms with Crippen molar-refractivity contribution in [3.63, 3.8) is 0 Å². The number of thiol groups is 2. The average molecular weight is 1740 g/mol. The highest BCUT2D eigenvalue weighted by Crippen LogP contribution is 2.32. The molecule has 18 aromatic rings. The first-order chi connectivity index (χ1) is 61.7. The van der Waals surface area contributed by atoms with E-state index in [4.69, 9.17) is 39.0 Å². The Morgan fingerprint density at radius 2 is 0.602 bits per heavy atom. The van der Waals surface area contributed by atoms with Gasteiger partial charge < -0.3 is 39.0 Å². The summed E-state index contributed by atoms with van der Waals surface area (Å²) in [4.78, 5) is 85.6. The molecule has 3 N–H and O–H groups in total. The summed E-state index contributed by atoms with van der Waals surface area (Å²) >= 11 is 8.29. The van der Waals surface area contributed by atoms with E-state index in [1.54, 1.807) is 36.4 Å². The number of rotatable bonds is 13. The molecular weight excluding hydrogens is 1640 g/mol. The summed E-state index contributed by atoms with van der Waals surface area (Å²) in [5.41, 5.74) is 12.1. The molecule has 0 spiro atoms. The highest BCUT2D eigenvalue weighted by molar-refractivity contribution is 7.80. The summed E-state index contributed by atoms with van der Waals surface area (Å²) in [6, 6.07) is 108.